The second kappa shape index (κ2) is 4.11. The molecule has 1 heterocycles. The second-order valence-electron chi connectivity index (χ2n) is 5.92. The topological polar surface area (TPSA) is 63.8 Å². The highest BCUT2D eigenvalue weighted by molar-refractivity contribution is 5.55. The second-order valence-corrected chi connectivity index (χ2v) is 5.92. The lowest BCUT2D eigenvalue weighted by Crippen LogP contribution is -2.17. The third kappa shape index (κ3) is 2.16. The van der Waals surface area contributed by atoms with E-state index in [4.69, 9.17) is 5.73 Å². The van der Waals surface area contributed by atoms with Crippen LogP contribution in [0.5, 0.6) is 0 Å². The number of nitrogens with two attached hydrogens (primary N) is 1. The summed E-state index contributed by atoms with van der Waals surface area (Å²) in [5.74, 6) is 3.07. The van der Waals surface area contributed by atoms with Crippen molar-refractivity contribution in [1.82, 2.24) is 9.97 Å². The maximum absolute atomic E-state index is 5.98. The summed E-state index contributed by atoms with van der Waals surface area (Å²) in [5, 5.41) is 3.50. The Balaban J connectivity index is 1.77. The summed E-state index contributed by atoms with van der Waals surface area (Å²) in [6.07, 6.45) is 6.34. The van der Waals surface area contributed by atoms with Crippen molar-refractivity contribution in [2.24, 2.45) is 5.41 Å². The van der Waals surface area contributed by atoms with E-state index >= 15 is 0 Å². The SMILES string of the molecule is CCC1(CNc2nc(C3CC3)nc(N)c2C)CC1. The van der Waals surface area contributed by atoms with E-state index in [9.17, 15) is 0 Å². The first-order chi connectivity index (χ1) is 8.63. The predicted molar refractivity (Wildman–Crippen MR) is 73.6 cm³/mol. The van der Waals surface area contributed by atoms with E-state index in [0.717, 1.165) is 23.8 Å². The molecule has 0 spiro atoms. The van der Waals surface area contributed by atoms with Crippen molar-refractivity contribution in [3.8, 4) is 0 Å². The van der Waals surface area contributed by atoms with Crippen LogP contribution in [0.1, 0.15) is 56.3 Å². The predicted octanol–water partition coefficient (Wildman–Crippen LogP) is 2.85. The van der Waals surface area contributed by atoms with Gasteiger partial charge in [-0.05, 0) is 44.4 Å². The molecular weight excluding hydrogens is 224 g/mol. The van der Waals surface area contributed by atoms with Crippen LogP contribution in [0, 0.1) is 12.3 Å². The van der Waals surface area contributed by atoms with Gasteiger partial charge in [-0.2, -0.15) is 0 Å². The van der Waals surface area contributed by atoms with Crippen molar-refractivity contribution in [2.75, 3.05) is 17.6 Å². The highest BCUT2D eigenvalue weighted by atomic mass is 15.1. The Bertz CT molecular complexity index is 461. The van der Waals surface area contributed by atoms with Gasteiger partial charge < -0.3 is 11.1 Å². The van der Waals surface area contributed by atoms with E-state index in [-0.39, 0.29) is 0 Å². The molecule has 2 aliphatic carbocycles. The fourth-order valence-corrected chi connectivity index (χ4v) is 2.35. The Morgan fingerprint density at radius 2 is 2.06 bits per heavy atom. The average Bonchev–Trinajstić information content (AvgIpc) is 3.26. The lowest BCUT2D eigenvalue weighted by atomic mass is 10.0. The highest BCUT2D eigenvalue weighted by Crippen LogP contribution is 2.48. The Morgan fingerprint density at radius 3 is 2.61 bits per heavy atom. The van der Waals surface area contributed by atoms with Crippen LogP contribution in [0.2, 0.25) is 0 Å². The summed E-state index contributed by atoms with van der Waals surface area (Å²) in [7, 11) is 0. The smallest absolute Gasteiger partial charge is 0.136 e. The number of nitrogens with one attached hydrogen (secondary N) is 1. The fourth-order valence-electron chi connectivity index (χ4n) is 2.35. The molecule has 1 aromatic rings. The summed E-state index contributed by atoms with van der Waals surface area (Å²) < 4.78 is 0. The molecule has 0 bridgehead atoms. The summed E-state index contributed by atoms with van der Waals surface area (Å²) >= 11 is 0. The number of anilines is 2. The third-order valence-corrected chi connectivity index (χ3v) is 4.48. The molecule has 0 aromatic carbocycles. The van der Waals surface area contributed by atoms with Gasteiger partial charge in [-0.15, -0.1) is 0 Å². The molecule has 3 N–H and O–H groups in total. The summed E-state index contributed by atoms with van der Waals surface area (Å²) in [4.78, 5) is 9.06. The van der Waals surface area contributed by atoms with Crippen molar-refractivity contribution in [3.63, 3.8) is 0 Å². The van der Waals surface area contributed by atoms with Crippen LogP contribution in [-0.4, -0.2) is 16.5 Å². The molecule has 0 aliphatic heterocycles. The number of nitrogens with zero attached hydrogens (tertiary/aromatic N) is 2. The van der Waals surface area contributed by atoms with Gasteiger partial charge in [-0.3, -0.25) is 0 Å². The van der Waals surface area contributed by atoms with Crippen LogP contribution in [-0.2, 0) is 0 Å². The fraction of sp³-hybridized carbons (Fsp3) is 0.714. The zero-order valence-corrected chi connectivity index (χ0v) is 11.3. The lowest BCUT2D eigenvalue weighted by molar-refractivity contribution is 0.520. The van der Waals surface area contributed by atoms with Crippen LogP contribution in [0.15, 0.2) is 0 Å². The Hall–Kier alpha value is -1.32. The Labute approximate surface area is 108 Å². The number of aromatic nitrogens is 2. The van der Waals surface area contributed by atoms with Crippen molar-refractivity contribution < 1.29 is 0 Å². The standard InChI is InChI=1S/C14H22N4/c1-3-14(6-7-14)8-16-12-9(2)11(15)17-13(18-12)10-4-5-10/h10H,3-8H2,1-2H3,(H3,15,16,17,18). The molecular formula is C14H22N4. The van der Waals surface area contributed by atoms with E-state index in [2.05, 4.69) is 22.2 Å². The molecule has 1 aromatic heterocycles. The van der Waals surface area contributed by atoms with Crippen LogP contribution >= 0.6 is 0 Å². The minimum atomic E-state index is 0.520. The molecule has 18 heavy (non-hydrogen) atoms. The summed E-state index contributed by atoms with van der Waals surface area (Å²) in [6, 6.07) is 0. The normalized spacial score (nSPS) is 20.8. The van der Waals surface area contributed by atoms with Crippen molar-refractivity contribution >= 4 is 11.6 Å². The van der Waals surface area contributed by atoms with Crippen LogP contribution in [0.3, 0.4) is 0 Å². The van der Waals surface area contributed by atoms with Gasteiger partial charge in [-0.1, -0.05) is 6.92 Å². The van der Waals surface area contributed by atoms with Gasteiger partial charge in [0.2, 0.25) is 0 Å². The molecule has 0 saturated heterocycles. The molecule has 0 unspecified atom stereocenters. The number of rotatable bonds is 5. The molecule has 2 aliphatic rings. The van der Waals surface area contributed by atoms with Crippen LogP contribution in [0.25, 0.3) is 0 Å². The van der Waals surface area contributed by atoms with Crippen LogP contribution < -0.4 is 11.1 Å². The monoisotopic (exact) mass is 246 g/mol. The number of hydrogen-bond acceptors (Lipinski definition) is 4. The molecule has 4 heteroatoms. The Morgan fingerprint density at radius 1 is 1.33 bits per heavy atom. The van der Waals surface area contributed by atoms with E-state index in [1.54, 1.807) is 0 Å². The molecule has 0 atom stereocenters. The van der Waals surface area contributed by atoms with E-state index < -0.39 is 0 Å². The van der Waals surface area contributed by atoms with Gasteiger partial charge in [0.1, 0.15) is 17.5 Å². The molecule has 0 radical (unpaired) electrons. The van der Waals surface area contributed by atoms with Crippen molar-refractivity contribution in [3.05, 3.63) is 11.4 Å². The maximum atomic E-state index is 5.98. The average molecular weight is 246 g/mol. The first-order valence-corrected chi connectivity index (χ1v) is 7.01. The molecule has 98 valence electrons. The first-order valence-electron chi connectivity index (χ1n) is 7.01. The third-order valence-electron chi connectivity index (χ3n) is 4.48. The molecule has 2 saturated carbocycles. The molecule has 2 fully saturated rings. The van der Waals surface area contributed by atoms with E-state index in [0.29, 0.717) is 17.2 Å². The molecule has 0 amide bonds. The van der Waals surface area contributed by atoms with Gasteiger partial charge in [0, 0.05) is 18.0 Å². The largest absolute Gasteiger partial charge is 0.383 e. The number of hydrogen-bond donors (Lipinski definition) is 2. The van der Waals surface area contributed by atoms with Crippen molar-refractivity contribution in [1.29, 1.82) is 0 Å². The van der Waals surface area contributed by atoms with E-state index in [1.807, 2.05) is 6.92 Å². The lowest BCUT2D eigenvalue weighted by Gasteiger charge is -2.16. The minimum Gasteiger partial charge on any atom is -0.383 e. The van der Waals surface area contributed by atoms with Gasteiger partial charge >= 0.3 is 0 Å². The highest BCUT2D eigenvalue weighted by Gasteiger charge is 2.40. The van der Waals surface area contributed by atoms with Gasteiger partial charge in [0.15, 0.2) is 0 Å². The maximum Gasteiger partial charge on any atom is 0.136 e. The summed E-state index contributed by atoms with van der Waals surface area (Å²) in [5.41, 5.74) is 7.50. The Kier molecular flexibility index (Phi) is 2.68. The minimum absolute atomic E-state index is 0.520. The zero-order valence-electron chi connectivity index (χ0n) is 11.3. The zero-order chi connectivity index (χ0) is 12.8. The van der Waals surface area contributed by atoms with Gasteiger partial charge in [0.25, 0.3) is 0 Å². The first kappa shape index (κ1) is 11.8. The molecule has 3 rings (SSSR count). The van der Waals surface area contributed by atoms with E-state index in [1.165, 1.54) is 32.1 Å². The number of nitrogen functional groups attached to an aromatic ring is 1. The van der Waals surface area contributed by atoms with Gasteiger partial charge in [0.05, 0.1) is 0 Å². The summed E-state index contributed by atoms with van der Waals surface area (Å²) in [6.45, 7) is 5.29. The van der Waals surface area contributed by atoms with Crippen LogP contribution in [0.4, 0.5) is 11.6 Å². The molecule has 4 nitrogen and oxygen atoms in total. The quantitative estimate of drug-likeness (QED) is 0.838. The van der Waals surface area contributed by atoms with Gasteiger partial charge in [-0.25, -0.2) is 9.97 Å². The van der Waals surface area contributed by atoms with Crippen molar-refractivity contribution in [2.45, 2.75) is 51.9 Å².